The third kappa shape index (κ3) is 2.14. The van der Waals surface area contributed by atoms with Crippen LogP contribution in [0.4, 0.5) is 0 Å². The fourth-order valence-electron chi connectivity index (χ4n) is 2.62. The molecule has 0 saturated heterocycles. The van der Waals surface area contributed by atoms with Crippen LogP contribution in [0.5, 0.6) is 0 Å². The monoisotopic (exact) mass is 217 g/mol. The summed E-state index contributed by atoms with van der Waals surface area (Å²) in [6, 6.07) is 2.36. The summed E-state index contributed by atoms with van der Waals surface area (Å²) in [4.78, 5) is 4.73. The molecule has 16 heavy (non-hydrogen) atoms. The molecule has 1 nitrogen and oxygen atoms in total. The molecule has 1 unspecified atom stereocenters. The zero-order valence-electron chi connectivity index (χ0n) is 11.2. The molecule has 0 aliphatic heterocycles. The summed E-state index contributed by atoms with van der Waals surface area (Å²) in [5, 5.41) is 0. The molecule has 0 bridgehead atoms. The molecule has 0 radical (unpaired) electrons. The zero-order valence-corrected chi connectivity index (χ0v) is 11.2. The standard InChI is InChI=1S/C15H23N/c1-10-8-12-9-13(15(3,4)5)6-7-14(12)16-11(10)2/h8,13H,6-7,9H2,1-5H3. The van der Waals surface area contributed by atoms with Crippen LogP contribution in [-0.2, 0) is 12.8 Å². The van der Waals surface area contributed by atoms with Crippen molar-refractivity contribution in [3.8, 4) is 0 Å². The van der Waals surface area contributed by atoms with Gasteiger partial charge in [0.25, 0.3) is 0 Å². The van der Waals surface area contributed by atoms with Gasteiger partial charge in [0.15, 0.2) is 0 Å². The van der Waals surface area contributed by atoms with Gasteiger partial charge in [-0.25, -0.2) is 0 Å². The van der Waals surface area contributed by atoms with E-state index in [0.717, 1.165) is 5.92 Å². The maximum absolute atomic E-state index is 4.73. The van der Waals surface area contributed by atoms with Gasteiger partial charge in [-0.05, 0) is 55.6 Å². The number of aryl methyl sites for hydroxylation is 3. The van der Waals surface area contributed by atoms with Crippen LogP contribution in [0.3, 0.4) is 0 Å². The fraction of sp³-hybridized carbons (Fsp3) is 0.667. The van der Waals surface area contributed by atoms with Crippen LogP contribution >= 0.6 is 0 Å². The Morgan fingerprint density at radius 1 is 1.25 bits per heavy atom. The Bertz CT molecular complexity index is 399. The van der Waals surface area contributed by atoms with Crippen molar-refractivity contribution in [1.82, 2.24) is 4.98 Å². The van der Waals surface area contributed by atoms with Crippen LogP contribution in [0.1, 0.15) is 49.7 Å². The molecule has 1 aliphatic carbocycles. The van der Waals surface area contributed by atoms with Crippen molar-refractivity contribution in [2.75, 3.05) is 0 Å². The summed E-state index contributed by atoms with van der Waals surface area (Å²) >= 11 is 0. The molecule has 1 aromatic heterocycles. The van der Waals surface area contributed by atoms with Crippen molar-refractivity contribution in [2.24, 2.45) is 11.3 Å². The highest BCUT2D eigenvalue weighted by molar-refractivity contribution is 5.31. The molecule has 1 heterocycles. The van der Waals surface area contributed by atoms with Crippen LogP contribution < -0.4 is 0 Å². The third-order valence-corrected chi connectivity index (χ3v) is 4.06. The Morgan fingerprint density at radius 3 is 2.56 bits per heavy atom. The average Bonchev–Trinajstić information content (AvgIpc) is 2.17. The van der Waals surface area contributed by atoms with Crippen LogP contribution in [0.2, 0.25) is 0 Å². The molecule has 0 saturated carbocycles. The molecule has 2 rings (SSSR count). The molecule has 0 amide bonds. The minimum Gasteiger partial charge on any atom is -0.258 e. The van der Waals surface area contributed by atoms with E-state index in [2.05, 4.69) is 40.7 Å². The Morgan fingerprint density at radius 2 is 1.94 bits per heavy atom. The fourth-order valence-corrected chi connectivity index (χ4v) is 2.62. The lowest BCUT2D eigenvalue weighted by Gasteiger charge is -2.34. The van der Waals surface area contributed by atoms with Gasteiger partial charge in [0.1, 0.15) is 0 Å². The second-order valence-corrected chi connectivity index (χ2v) is 6.30. The normalized spacial score (nSPS) is 20.7. The van der Waals surface area contributed by atoms with E-state index in [1.54, 1.807) is 0 Å². The van der Waals surface area contributed by atoms with Crippen LogP contribution in [-0.4, -0.2) is 4.98 Å². The highest BCUT2D eigenvalue weighted by Gasteiger charge is 2.29. The molecule has 0 aromatic carbocycles. The second-order valence-electron chi connectivity index (χ2n) is 6.30. The van der Waals surface area contributed by atoms with E-state index in [9.17, 15) is 0 Å². The summed E-state index contributed by atoms with van der Waals surface area (Å²) in [5.74, 6) is 0.809. The molecule has 1 heteroatoms. The largest absolute Gasteiger partial charge is 0.258 e. The highest BCUT2D eigenvalue weighted by atomic mass is 14.7. The van der Waals surface area contributed by atoms with E-state index in [0.29, 0.717) is 5.41 Å². The van der Waals surface area contributed by atoms with Crippen molar-refractivity contribution in [1.29, 1.82) is 0 Å². The molecule has 1 aromatic rings. The van der Waals surface area contributed by atoms with Crippen molar-refractivity contribution >= 4 is 0 Å². The molecule has 0 N–H and O–H groups in total. The lowest BCUT2D eigenvalue weighted by Crippen LogP contribution is -2.27. The van der Waals surface area contributed by atoms with Crippen LogP contribution in [0.25, 0.3) is 0 Å². The number of pyridine rings is 1. The van der Waals surface area contributed by atoms with Crippen LogP contribution in [0, 0.1) is 25.2 Å². The average molecular weight is 217 g/mol. The third-order valence-electron chi connectivity index (χ3n) is 4.06. The summed E-state index contributed by atoms with van der Waals surface area (Å²) in [6.07, 6.45) is 3.68. The first-order valence-electron chi connectivity index (χ1n) is 6.34. The van der Waals surface area contributed by atoms with Gasteiger partial charge in [-0.2, -0.15) is 0 Å². The first-order chi connectivity index (χ1) is 7.38. The van der Waals surface area contributed by atoms with Gasteiger partial charge in [0.2, 0.25) is 0 Å². The number of fused-ring (bicyclic) bond motifs is 1. The minimum absolute atomic E-state index is 0.427. The maximum Gasteiger partial charge on any atom is 0.0439 e. The summed E-state index contributed by atoms with van der Waals surface area (Å²) in [7, 11) is 0. The minimum atomic E-state index is 0.427. The van der Waals surface area contributed by atoms with Gasteiger partial charge < -0.3 is 0 Å². The van der Waals surface area contributed by atoms with Gasteiger partial charge in [-0.3, -0.25) is 4.98 Å². The lowest BCUT2D eigenvalue weighted by atomic mass is 9.71. The Hall–Kier alpha value is -0.850. The molecule has 1 atom stereocenters. The zero-order chi connectivity index (χ0) is 11.9. The summed E-state index contributed by atoms with van der Waals surface area (Å²) in [6.45, 7) is 11.4. The van der Waals surface area contributed by atoms with Gasteiger partial charge in [-0.15, -0.1) is 0 Å². The molecular weight excluding hydrogens is 194 g/mol. The Kier molecular flexibility index (Phi) is 2.81. The molecule has 0 spiro atoms. The van der Waals surface area contributed by atoms with Crippen molar-refractivity contribution in [2.45, 2.75) is 53.9 Å². The predicted molar refractivity (Wildman–Crippen MR) is 68.7 cm³/mol. The number of aromatic nitrogens is 1. The van der Waals surface area contributed by atoms with Crippen LogP contribution in [0.15, 0.2) is 6.07 Å². The number of rotatable bonds is 0. The summed E-state index contributed by atoms with van der Waals surface area (Å²) < 4.78 is 0. The quantitative estimate of drug-likeness (QED) is 0.643. The highest BCUT2D eigenvalue weighted by Crippen LogP contribution is 2.37. The lowest BCUT2D eigenvalue weighted by molar-refractivity contribution is 0.214. The first-order valence-corrected chi connectivity index (χ1v) is 6.34. The topological polar surface area (TPSA) is 12.9 Å². The first kappa shape index (κ1) is 11.6. The molecule has 0 fully saturated rings. The summed E-state index contributed by atoms with van der Waals surface area (Å²) in [5.41, 5.74) is 5.82. The van der Waals surface area contributed by atoms with E-state index in [-0.39, 0.29) is 0 Å². The van der Waals surface area contributed by atoms with E-state index in [4.69, 9.17) is 4.98 Å². The number of hydrogen-bond donors (Lipinski definition) is 0. The van der Waals surface area contributed by atoms with E-state index < -0.39 is 0 Å². The van der Waals surface area contributed by atoms with Crippen molar-refractivity contribution < 1.29 is 0 Å². The molecule has 88 valence electrons. The molecule has 1 aliphatic rings. The van der Waals surface area contributed by atoms with Crippen molar-refractivity contribution in [3.63, 3.8) is 0 Å². The SMILES string of the molecule is Cc1cc2c(nc1C)CCC(C(C)(C)C)C2. The number of nitrogens with zero attached hydrogens (tertiary/aromatic N) is 1. The van der Waals surface area contributed by atoms with Gasteiger partial charge in [0.05, 0.1) is 0 Å². The van der Waals surface area contributed by atoms with Gasteiger partial charge >= 0.3 is 0 Å². The van der Waals surface area contributed by atoms with Gasteiger partial charge in [0, 0.05) is 11.4 Å². The van der Waals surface area contributed by atoms with E-state index >= 15 is 0 Å². The molecular formula is C15H23N. The number of hydrogen-bond acceptors (Lipinski definition) is 1. The maximum atomic E-state index is 4.73. The Balaban J connectivity index is 2.31. The van der Waals surface area contributed by atoms with E-state index in [1.807, 2.05) is 0 Å². The Labute approximate surface area is 99.3 Å². The second kappa shape index (κ2) is 3.87. The van der Waals surface area contributed by atoms with Crippen molar-refractivity contribution in [3.05, 3.63) is 28.6 Å². The van der Waals surface area contributed by atoms with Gasteiger partial charge in [-0.1, -0.05) is 26.8 Å². The smallest absolute Gasteiger partial charge is 0.0439 e. The predicted octanol–water partition coefficient (Wildman–Crippen LogP) is 3.85. The van der Waals surface area contributed by atoms with E-state index in [1.165, 1.54) is 41.8 Å².